The van der Waals surface area contributed by atoms with Crippen molar-refractivity contribution in [1.29, 1.82) is 0 Å². The Labute approximate surface area is 166 Å². The highest BCUT2D eigenvalue weighted by atomic mass is 16.5. The van der Waals surface area contributed by atoms with Crippen LogP contribution in [-0.2, 0) is 11.3 Å². The molecule has 0 unspecified atom stereocenters. The number of hydrogen-bond acceptors (Lipinski definition) is 7. The molecule has 3 aromatic heterocycles. The monoisotopic (exact) mass is 391 g/mol. The first-order valence-electron chi connectivity index (χ1n) is 9.49. The number of ether oxygens (including phenoxy) is 1. The molecule has 0 spiro atoms. The van der Waals surface area contributed by atoms with Crippen molar-refractivity contribution in [2.45, 2.75) is 37.4 Å². The minimum atomic E-state index is -0.985. The van der Waals surface area contributed by atoms with E-state index in [9.17, 15) is 10.2 Å². The molecule has 4 N–H and O–H groups in total. The zero-order valence-corrected chi connectivity index (χ0v) is 15.6. The maximum atomic E-state index is 10.6. The second-order valence-electron chi connectivity index (χ2n) is 7.41. The second kappa shape index (κ2) is 7.07. The third kappa shape index (κ3) is 3.11. The van der Waals surface area contributed by atoms with Crippen LogP contribution in [0.1, 0.15) is 18.0 Å². The van der Waals surface area contributed by atoms with Crippen LogP contribution in [0.2, 0.25) is 0 Å². The van der Waals surface area contributed by atoms with E-state index < -0.39 is 18.3 Å². The van der Waals surface area contributed by atoms with E-state index in [0.29, 0.717) is 24.5 Å². The van der Waals surface area contributed by atoms with E-state index >= 15 is 0 Å². The van der Waals surface area contributed by atoms with Crippen LogP contribution in [-0.4, -0.2) is 48.0 Å². The van der Waals surface area contributed by atoms with Crippen molar-refractivity contribution < 1.29 is 14.9 Å². The molecule has 0 radical (unpaired) electrons. The number of rotatable bonds is 4. The Hall–Kier alpha value is -3.07. The van der Waals surface area contributed by atoms with Crippen molar-refractivity contribution in [2.24, 2.45) is 0 Å². The first-order valence-corrected chi connectivity index (χ1v) is 9.49. The number of aromatic nitrogens is 4. The molecule has 8 nitrogen and oxygen atoms in total. The number of fused-ring (bicyclic) bond motifs is 2. The summed E-state index contributed by atoms with van der Waals surface area (Å²) in [5.74, 6) is 0.390. The van der Waals surface area contributed by atoms with Crippen LogP contribution in [0.3, 0.4) is 0 Å². The van der Waals surface area contributed by atoms with Gasteiger partial charge in [-0.3, -0.25) is 4.98 Å². The highest BCUT2D eigenvalue weighted by Crippen LogP contribution is 2.36. The Morgan fingerprint density at radius 3 is 2.90 bits per heavy atom. The molecule has 148 valence electrons. The topological polar surface area (TPSA) is 119 Å². The summed E-state index contributed by atoms with van der Waals surface area (Å²) in [5, 5.41) is 24.1. The van der Waals surface area contributed by atoms with Gasteiger partial charge in [0, 0.05) is 24.0 Å². The first-order chi connectivity index (χ1) is 14.1. The molecule has 0 saturated heterocycles. The Kier molecular flexibility index (Phi) is 4.39. The maximum Gasteiger partial charge on any atom is 0.145 e. The van der Waals surface area contributed by atoms with Gasteiger partial charge >= 0.3 is 0 Å². The summed E-state index contributed by atoms with van der Waals surface area (Å²) < 4.78 is 7.83. The maximum absolute atomic E-state index is 10.6. The fraction of sp³-hybridized carbons (Fsp3) is 0.286. The van der Waals surface area contributed by atoms with Crippen molar-refractivity contribution >= 4 is 27.6 Å². The number of nitrogen functional groups attached to an aromatic ring is 1. The lowest BCUT2D eigenvalue weighted by atomic mass is 10.1. The van der Waals surface area contributed by atoms with Crippen molar-refractivity contribution in [3.8, 4) is 0 Å². The summed E-state index contributed by atoms with van der Waals surface area (Å²) in [7, 11) is 0. The average molecular weight is 391 g/mol. The highest BCUT2D eigenvalue weighted by molar-refractivity contribution is 5.86. The Balaban J connectivity index is 1.34. The van der Waals surface area contributed by atoms with Crippen LogP contribution in [0.25, 0.3) is 21.8 Å². The highest BCUT2D eigenvalue weighted by Gasteiger charge is 2.43. The van der Waals surface area contributed by atoms with Crippen molar-refractivity contribution in [3.63, 3.8) is 0 Å². The Morgan fingerprint density at radius 2 is 2.00 bits per heavy atom. The number of nitrogens with two attached hydrogens (primary N) is 1. The predicted octanol–water partition coefficient (Wildman–Crippen LogP) is 1.81. The summed E-state index contributed by atoms with van der Waals surface area (Å²) in [4.78, 5) is 12.4. The van der Waals surface area contributed by atoms with Crippen LogP contribution in [0.4, 0.5) is 5.82 Å². The van der Waals surface area contributed by atoms with Gasteiger partial charge in [-0.2, -0.15) is 0 Å². The number of pyridine rings is 1. The van der Waals surface area contributed by atoms with Gasteiger partial charge in [0.1, 0.15) is 30.0 Å². The summed E-state index contributed by atoms with van der Waals surface area (Å²) in [6.07, 6.45) is 4.82. The van der Waals surface area contributed by atoms with Crippen LogP contribution >= 0.6 is 0 Å². The number of nitrogens with zero attached hydrogens (tertiary/aromatic N) is 4. The Morgan fingerprint density at radius 1 is 1.10 bits per heavy atom. The molecule has 5 rings (SSSR count). The lowest BCUT2D eigenvalue weighted by Gasteiger charge is -2.18. The van der Waals surface area contributed by atoms with Gasteiger partial charge in [0.25, 0.3) is 0 Å². The van der Waals surface area contributed by atoms with Gasteiger partial charge in [0.05, 0.1) is 24.1 Å². The van der Waals surface area contributed by atoms with Gasteiger partial charge < -0.3 is 25.3 Å². The van der Waals surface area contributed by atoms with Gasteiger partial charge in [-0.1, -0.05) is 12.1 Å². The fourth-order valence-electron chi connectivity index (χ4n) is 4.09. The number of aliphatic hydroxyl groups is 2. The molecule has 1 aromatic carbocycles. The lowest BCUT2D eigenvalue weighted by Crippen LogP contribution is -2.32. The van der Waals surface area contributed by atoms with Crippen LogP contribution in [0.5, 0.6) is 0 Å². The van der Waals surface area contributed by atoms with Crippen molar-refractivity contribution in [2.75, 3.05) is 5.73 Å². The molecule has 0 aliphatic heterocycles. The van der Waals surface area contributed by atoms with Crippen molar-refractivity contribution in [1.82, 2.24) is 19.5 Å². The smallest absolute Gasteiger partial charge is 0.145 e. The molecule has 3 heterocycles. The summed E-state index contributed by atoms with van der Waals surface area (Å²) in [6, 6.07) is 9.45. The molecule has 4 aromatic rings. The number of benzene rings is 1. The normalized spacial score (nSPS) is 24.5. The van der Waals surface area contributed by atoms with Crippen LogP contribution in [0, 0.1) is 0 Å². The molecular weight excluding hydrogens is 370 g/mol. The predicted molar refractivity (Wildman–Crippen MR) is 108 cm³/mol. The van der Waals surface area contributed by atoms with Crippen LogP contribution < -0.4 is 5.73 Å². The molecule has 1 fully saturated rings. The van der Waals surface area contributed by atoms with E-state index in [1.165, 1.54) is 6.33 Å². The van der Waals surface area contributed by atoms with Gasteiger partial charge in [-0.05, 0) is 35.6 Å². The van der Waals surface area contributed by atoms with E-state index in [1.54, 1.807) is 6.20 Å². The van der Waals surface area contributed by atoms with E-state index in [2.05, 4.69) is 15.0 Å². The Bertz CT molecular complexity index is 1180. The quantitative estimate of drug-likeness (QED) is 0.485. The standard InChI is InChI=1S/C21H21N5O3/c22-20-15-4-6-26(21(15)25-11-24-20)16-8-17(19(28)18(16)27)29-10-12-1-2-14-9-23-5-3-13(14)7-12/h1-7,9,11,16-19,27-28H,8,10H2,(H2,22,24,25)/t16-,17+,18+,19-/m1/s1. The third-order valence-electron chi connectivity index (χ3n) is 5.67. The SMILES string of the molecule is Nc1ncnc2c1ccn2[C@@H]1C[C@H](OCc2ccc3cnccc3c2)[C@@H](O)[C@H]1O. The number of aliphatic hydroxyl groups excluding tert-OH is 2. The zero-order chi connectivity index (χ0) is 20.0. The lowest BCUT2D eigenvalue weighted by molar-refractivity contribution is -0.0621. The molecule has 1 aliphatic carbocycles. The third-order valence-corrected chi connectivity index (χ3v) is 5.67. The number of hydrogen-bond donors (Lipinski definition) is 3. The van der Waals surface area contributed by atoms with E-state index in [-0.39, 0.29) is 6.04 Å². The van der Waals surface area contributed by atoms with E-state index in [1.807, 2.05) is 47.3 Å². The summed E-state index contributed by atoms with van der Waals surface area (Å²) in [5.41, 5.74) is 7.54. The minimum Gasteiger partial charge on any atom is -0.388 e. The molecule has 4 atom stereocenters. The largest absolute Gasteiger partial charge is 0.388 e. The molecule has 29 heavy (non-hydrogen) atoms. The minimum absolute atomic E-state index is 0.348. The zero-order valence-electron chi connectivity index (χ0n) is 15.6. The first kappa shape index (κ1) is 18.0. The average Bonchev–Trinajstić information content (AvgIpc) is 3.29. The number of anilines is 1. The fourth-order valence-corrected chi connectivity index (χ4v) is 4.09. The molecule has 1 saturated carbocycles. The molecule has 8 heteroatoms. The van der Waals surface area contributed by atoms with Crippen molar-refractivity contribution in [3.05, 3.63) is 60.8 Å². The van der Waals surface area contributed by atoms with E-state index in [4.69, 9.17) is 10.5 Å². The van der Waals surface area contributed by atoms with Gasteiger partial charge in [-0.15, -0.1) is 0 Å². The second-order valence-corrected chi connectivity index (χ2v) is 7.41. The molecule has 0 bridgehead atoms. The molecular formula is C21H21N5O3. The molecule has 1 aliphatic rings. The van der Waals surface area contributed by atoms with Crippen LogP contribution in [0.15, 0.2) is 55.2 Å². The van der Waals surface area contributed by atoms with Gasteiger partial charge in [-0.25, -0.2) is 9.97 Å². The summed E-state index contributed by atoms with van der Waals surface area (Å²) >= 11 is 0. The van der Waals surface area contributed by atoms with E-state index in [0.717, 1.165) is 21.7 Å². The molecule has 0 amide bonds. The van der Waals surface area contributed by atoms with Gasteiger partial charge in [0.15, 0.2) is 0 Å². The summed E-state index contributed by atoms with van der Waals surface area (Å²) in [6.45, 7) is 0.348. The van der Waals surface area contributed by atoms with Gasteiger partial charge in [0.2, 0.25) is 0 Å².